The lowest BCUT2D eigenvalue weighted by atomic mass is 10.1. The Morgan fingerprint density at radius 1 is 1.04 bits per heavy atom. The second-order valence-corrected chi connectivity index (χ2v) is 6.93. The second-order valence-electron chi connectivity index (χ2n) is 5.43. The topological polar surface area (TPSA) is 63.1 Å². The van der Waals surface area contributed by atoms with Gasteiger partial charge in [0, 0.05) is 38.5 Å². The number of hydrogen-bond acceptors (Lipinski definition) is 4. The van der Waals surface area contributed by atoms with Gasteiger partial charge >= 0.3 is 5.97 Å². The van der Waals surface area contributed by atoms with Crippen molar-refractivity contribution < 1.29 is 9.90 Å². The maximum atomic E-state index is 11.3. The van der Waals surface area contributed by atoms with Crippen molar-refractivity contribution >= 4 is 51.0 Å². The number of benzene rings is 2. The standard InChI is InChI=1S/C19H11ClN2O2S/c20-12-2-1-3-13(9-12)25-18-15-6-7-21-10-16(15)14-5-4-11(19(23)24)8-17(14)22-18/h1-10H,(H,23,24). The maximum absolute atomic E-state index is 11.3. The van der Waals surface area contributed by atoms with Crippen LogP contribution in [-0.4, -0.2) is 21.0 Å². The van der Waals surface area contributed by atoms with Crippen molar-refractivity contribution in [3.63, 3.8) is 0 Å². The fraction of sp³-hybridized carbons (Fsp3) is 0. The Labute approximate surface area is 152 Å². The minimum atomic E-state index is -0.973. The summed E-state index contributed by atoms with van der Waals surface area (Å²) in [4.78, 5) is 21.1. The van der Waals surface area contributed by atoms with Crippen molar-refractivity contribution in [1.82, 2.24) is 9.97 Å². The Morgan fingerprint density at radius 2 is 1.92 bits per heavy atom. The van der Waals surface area contributed by atoms with Crippen LogP contribution in [0.15, 0.2) is 70.8 Å². The molecule has 2 heterocycles. The monoisotopic (exact) mass is 366 g/mol. The van der Waals surface area contributed by atoms with Gasteiger partial charge in [0.05, 0.1) is 11.1 Å². The van der Waals surface area contributed by atoms with E-state index in [2.05, 4.69) is 4.98 Å². The molecule has 122 valence electrons. The lowest BCUT2D eigenvalue weighted by Gasteiger charge is -2.09. The third kappa shape index (κ3) is 3.04. The summed E-state index contributed by atoms with van der Waals surface area (Å²) < 4.78 is 0. The van der Waals surface area contributed by atoms with Gasteiger partial charge in [0.25, 0.3) is 0 Å². The van der Waals surface area contributed by atoms with Gasteiger partial charge in [-0.1, -0.05) is 35.5 Å². The zero-order chi connectivity index (χ0) is 17.4. The van der Waals surface area contributed by atoms with E-state index in [0.717, 1.165) is 26.1 Å². The molecule has 0 aliphatic heterocycles. The molecule has 0 saturated carbocycles. The van der Waals surface area contributed by atoms with E-state index >= 15 is 0 Å². The van der Waals surface area contributed by atoms with E-state index in [9.17, 15) is 9.90 Å². The maximum Gasteiger partial charge on any atom is 0.335 e. The van der Waals surface area contributed by atoms with E-state index in [-0.39, 0.29) is 5.56 Å². The number of aromatic carboxylic acids is 1. The van der Waals surface area contributed by atoms with Crippen molar-refractivity contribution in [2.45, 2.75) is 9.92 Å². The van der Waals surface area contributed by atoms with E-state index in [0.29, 0.717) is 10.5 Å². The fourth-order valence-corrected chi connectivity index (χ4v) is 3.91. The average molecular weight is 367 g/mol. The number of aromatic nitrogens is 2. The molecule has 0 aliphatic rings. The van der Waals surface area contributed by atoms with Crippen LogP contribution in [0.2, 0.25) is 5.02 Å². The first-order chi connectivity index (χ1) is 12.1. The Bertz CT molecular complexity index is 1130. The van der Waals surface area contributed by atoms with E-state index in [4.69, 9.17) is 16.6 Å². The Kier molecular flexibility index (Phi) is 4.03. The highest BCUT2D eigenvalue weighted by atomic mass is 35.5. The molecule has 0 unspecified atom stereocenters. The number of fused-ring (bicyclic) bond motifs is 3. The second kappa shape index (κ2) is 6.35. The van der Waals surface area contributed by atoms with Crippen molar-refractivity contribution in [2.24, 2.45) is 0 Å². The van der Waals surface area contributed by atoms with Gasteiger partial charge in [-0.25, -0.2) is 9.78 Å². The van der Waals surface area contributed by atoms with Crippen molar-refractivity contribution in [2.75, 3.05) is 0 Å². The van der Waals surface area contributed by atoms with Gasteiger partial charge in [-0.2, -0.15) is 0 Å². The van der Waals surface area contributed by atoms with Crippen LogP contribution in [0.25, 0.3) is 21.7 Å². The molecule has 6 heteroatoms. The summed E-state index contributed by atoms with van der Waals surface area (Å²) in [5.41, 5.74) is 0.840. The molecule has 0 amide bonds. The van der Waals surface area contributed by atoms with Gasteiger partial charge in [-0.05, 0) is 36.4 Å². The number of pyridine rings is 2. The van der Waals surface area contributed by atoms with Gasteiger partial charge in [0.1, 0.15) is 5.03 Å². The minimum absolute atomic E-state index is 0.210. The predicted molar refractivity (Wildman–Crippen MR) is 99.6 cm³/mol. The van der Waals surface area contributed by atoms with Crippen LogP contribution < -0.4 is 0 Å². The van der Waals surface area contributed by atoms with E-state index in [1.807, 2.05) is 30.3 Å². The molecule has 4 aromatic rings. The van der Waals surface area contributed by atoms with E-state index in [1.165, 1.54) is 11.8 Å². The zero-order valence-corrected chi connectivity index (χ0v) is 14.4. The predicted octanol–water partition coefficient (Wildman–Crippen LogP) is 5.29. The van der Waals surface area contributed by atoms with Gasteiger partial charge in [-0.3, -0.25) is 4.98 Å². The summed E-state index contributed by atoms with van der Waals surface area (Å²) in [6.45, 7) is 0. The quantitative estimate of drug-likeness (QED) is 0.499. The summed E-state index contributed by atoms with van der Waals surface area (Å²) in [5.74, 6) is -0.973. The van der Waals surface area contributed by atoms with E-state index in [1.54, 1.807) is 30.6 Å². The molecule has 0 saturated heterocycles. The normalized spacial score (nSPS) is 11.1. The van der Waals surface area contributed by atoms with Crippen molar-refractivity contribution in [3.05, 3.63) is 71.5 Å². The molecular weight excluding hydrogens is 356 g/mol. The third-order valence-electron chi connectivity index (χ3n) is 3.82. The number of carbonyl (C=O) groups is 1. The first-order valence-corrected chi connectivity index (χ1v) is 8.65. The number of carboxylic acids is 1. The Hall–Kier alpha value is -2.63. The van der Waals surface area contributed by atoms with E-state index < -0.39 is 5.97 Å². The molecular formula is C19H11ClN2O2S. The van der Waals surface area contributed by atoms with Crippen LogP contribution in [0.4, 0.5) is 0 Å². The molecule has 0 spiro atoms. The first kappa shape index (κ1) is 15.9. The highest BCUT2D eigenvalue weighted by Gasteiger charge is 2.12. The summed E-state index contributed by atoms with van der Waals surface area (Å²) >= 11 is 7.56. The van der Waals surface area contributed by atoms with Gasteiger partial charge in [-0.15, -0.1) is 0 Å². The first-order valence-electron chi connectivity index (χ1n) is 7.46. The van der Waals surface area contributed by atoms with Gasteiger partial charge < -0.3 is 5.11 Å². The summed E-state index contributed by atoms with van der Waals surface area (Å²) in [6, 6.07) is 14.4. The van der Waals surface area contributed by atoms with Crippen LogP contribution in [0.5, 0.6) is 0 Å². The Morgan fingerprint density at radius 3 is 2.72 bits per heavy atom. The minimum Gasteiger partial charge on any atom is -0.478 e. The van der Waals surface area contributed by atoms with Crippen LogP contribution in [0.1, 0.15) is 10.4 Å². The van der Waals surface area contributed by atoms with Crippen LogP contribution in [0, 0.1) is 0 Å². The molecule has 0 fully saturated rings. The third-order valence-corrected chi connectivity index (χ3v) is 5.05. The van der Waals surface area contributed by atoms with Gasteiger partial charge in [0.2, 0.25) is 0 Å². The smallest absolute Gasteiger partial charge is 0.335 e. The number of hydrogen-bond donors (Lipinski definition) is 1. The van der Waals surface area contributed by atoms with Crippen molar-refractivity contribution in [1.29, 1.82) is 0 Å². The molecule has 0 radical (unpaired) electrons. The molecule has 1 N–H and O–H groups in total. The molecule has 25 heavy (non-hydrogen) atoms. The number of halogens is 1. The Balaban J connectivity index is 1.96. The fourth-order valence-electron chi connectivity index (χ4n) is 2.67. The molecule has 0 aliphatic carbocycles. The summed E-state index contributed by atoms with van der Waals surface area (Å²) in [5, 5.41) is 13.5. The number of rotatable bonds is 3. The molecule has 4 nitrogen and oxygen atoms in total. The molecule has 2 aromatic heterocycles. The van der Waals surface area contributed by atoms with Crippen LogP contribution >= 0.6 is 23.4 Å². The zero-order valence-electron chi connectivity index (χ0n) is 12.8. The van der Waals surface area contributed by atoms with Crippen LogP contribution in [-0.2, 0) is 0 Å². The summed E-state index contributed by atoms with van der Waals surface area (Å²) in [7, 11) is 0. The van der Waals surface area contributed by atoms with Crippen molar-refractivity contribution in [3.8, 4) is 0 Å². The van der Waals surface area contributed by atoms with Gasteiger partial charge in [0.15, 0.2) is 0 Å². The molecule has 4 rings (SSSR count). The molecule has 2 aromatic carbocycles. The highest BCUT2D eigenvalue weighted by Crippen LogP contribution is 2.36. The van der Waals surface area contributed by atoms with Crippen LogP contribution in [0.3, 0.4) is 0 Å². The largest absolute Gasteiger partial charge is 0.478 e. The molecule has 0 atom stereocenters. The lowest BCUT2D eigenvalue weighted by molar-refractivity contribution is 0.0697. The summed E-state index contributed by atoms with van der Waals surface area (Å²) in [6.07, 6.45) is 3.51. The SMILES string of the molecule is O=C(O)c1ccc2c(c1)nc(Sc1cccc(Cl)c1)c1ccncc12. The molecule has 0 bridgehead atoms. The average Bonchev–Trinajstić information content (AvgIpc) is 2.61. The number of nitrogens with zero attached hydrogens (tertiary/aromatic N) is 2. The number of carboxylic acid groups (broad SMARTS) is 1. The lowest BCUT2D eigenvalue weighted by Crippen LogP contribution is -1.97. The highest BCUT2D eigenvalue weighted by molar-refractivity contribution is 7.99.